The Kier molecular flexibility index (Phi) is 4.91. The lowest BCUT2D eigenvalue weighted by molar-refractivity contribution is 0.218. The summed E-state index contributed by atoms with van der Waals surface area (Å²) in [5, 5.41) is 19.5. The van der Waals surface area contributed by atoms with Gasteiger partial charge in [0, 0.05) is 11.8 Å². The maximum Gasteiger partial charge on any atom is 0.146 e. The lowest BCUT2D eigenvalue weighted by Gasteiger charge is -2.14. The standard InChI is InChI=1S/C17H18N2O2/c1-12(2)11-21-14-6-3-5-13(9-14)17(20)15-7-4-8-19-16(15)10-18/h3-9,12,17,20H,11H2,1-2H3. The van der Waals surface area contributed by atoms with Crippen LogP contribution >= 0.6 is 0 Å². The molecule has 1 N–H and O–H groups in total. The van der Waals surface area contributed by atoms with Gasteiger partial charge in [-0.05, 0) is 29.7 Å². The third-order valence-corrected chi connectivity index (χ3v) is 3.00. The van der Waals surface area contributed by atoms with Gasteiger partial charge < -0.3 is 9.84 Å². The number of rotatable bonds is 5. The Labute approximate surface area is 124 Å². The van der Waals surface area contributed by atoms with Crippen molar-refractivity contribution in [2.75, 3.05) is 6.61 Å². The van der Waals surface area contributed by atoms with Crippen molar-refractivity contribution in [3.05, 3.63) is 59.4 Å². The SMILES string of the molecule is CC(C)COc1cccc(C(O)c2cccnc2C#N)c1. The van der Waals surface area contributed by atoms with Gasteiger partial charge in [0.2, 0.25) is 0 Å². The Balaban J connectivity index is 2.25. The molecule has 1 aromatic heterocycles. The number of aliphatic hydroxyl groups is 1. The number of aromatic nitrogens is 1. The number of nitriles is 1. The number of nitrogens with zero attached hydrogens (tertiary/aromatic N) is 2. The van der Waals surface area contributed by atoms with E-state index in [-0.39, 0.29) is 5.69 Å². The zero-order chi connectivity index (χ0) is 15.2. The van der Waals surface area contributed by atoms with Gasteiger partial charge in [-0.1, -0.05) is 32.0 Å². The molecule has 1 heterocycles. The third-order valence-electron chi connectivity index (χ3n) is 3.00. The zero-order valence-corrected chi connectivity index (χ0v) is 12.2. The second-order valence-corrected chi connectivity index (χ2v) is 5.23. The molecule has 0 aliphatic heterocycles. The molecule has 0 radical (unpaired) electrons. The van der Waals surface area contributed by atoms with Crippen molar-refractivity contribution in [2.45, 2.75) is 20.0 Å². The molecule has 0 amide bonds. The predicted molar refractivity (Wildman–Crippen MR) is 79.8 cm³/mol. The van der Waals surface area contributed by atoms with Crippen LogP contribution in [0.15, 0.2) is 42.6 Å². The molecule has 0 saturated carbocycles. The second kappa shape index (κ2) is 6.87. The minimum absolute atomic E-state index is 0.235. The summed E-state index contributed by atoms with van der Waals surface area (Å²) in [7, 11) is 0. The van der Waals surface area contributed by atoms with E-state index in [0.717, 1.165) is 0 Å². The number of ether oxygens (including phenoxy) is 1. The Morgan fingerprint density at radius 3 is 2.81 bits per heavy atom. The van der Waals surface area contributed by atoms with Crippen LogP contribution in [0, 0.1) is 17.2 Å². The molecule has 0 fully saturated rings. The quantitative estimate of drug-likeness (QED) is 0.915. The molecular formula is C17H18N2O2. The van der Waals surface area contributed by atoms with E-state index in [9.17, 15) is 5.11 Å². The lowest BCUT2D eigenvalue weighted by Crippen LogP contribution is -2.06. The average molecular weight is 282 g/mol. The van der Waals surface area contributed by atoms with Crippen LogP contribution in [-0.4, -0.2) is 16.7 Å². The average Bonchev–Trinajstić information content (AvgIpc) is 2.52. The summed E-state index contributed by atoms with van der Waals surface area (Å²) in [6.07, 6.45) is 0.646. The van der Waals surface area contributed by atoms with Gasteiger partial charge in [0.05, 0.1) is 6.61 Å². The summed E-state index contributed by atoms with van der Waals surface area (Å²) in [6, 6.07) is 12.7. The van der Waals surface area contributed by atoms with Crippen LogP contribution in [0.25, 0.3) is 0 Å². The van der Waals surface area contributed by atoms with Crippen LogP contribution in [0.1, 0.15) is 36.8 Å². The molecule has 0 aliphatic rings. The van der Waals surface area contributed by atoms with Crippen LogP contribution in [0.5, 0.6) is 5.75 Å². The summed E-state index contributed by atoms with van der Waals surface area (Å²) in [5.74, 6) is 1.14. The van der Waals surface area contributed by atoms with Gasteiger partial charge in [-0.15, -0.1) is 0 Å². The first-order valence-corrected chi connectivity index (χ1v) is 6.87. The van der Waals surface area contributed by atoms with E-state index >= 15 is 0 Å². The number of hydrogen-bond donors (Lipinski definition) is 1. The first-order chi connectivity index (χ1) is 10.1. The molecule has 2 aromatic rings. The van der Waals surface area contributed by atoms with E-state index < -0.39 is 6.10 Å². The normalized spacial score (nSPS) is 12.0. The van der Waals surface area contributed by atoms with E-state index in [1.165, 1.54) is 6.20 Å². The highest BCUT2D eigenvalue weighted by Crippen LogP contribution is 2.26. The highest BCUT2D eigenvalue weighted by Gasteiger charge is 2.15. The number of benzene rings is 1. The van der Waals surface area contributed by atoms with Gasteiger partial charge in [0.25, 0.3) is 0 Å². The molecule has 21 heavy (non-hydrogen) atoms. The molecule has 1 atom stereocenters. The molecule has 1 aromatic carbocycles. The highest BCUT2D eigenvalue weighted by molar-refractivity contribution is 5.40. The number of hydrogen-bond acceptors (Lipinski definition) is 4. The monoisotopic (exact) mass is 282 g/mol. The first-order valence-electron chi connectivity index (χ1n) is 6.87. The summed E-state index contributed by atoms with van der Waals surface area (Å²) < 4.78 is 5.66. The molecule has 0 saturated heterocycles. The molecule has 0 spiro atoms. The van der Waals surface area contributed by atoms with Crippen LogP contribution in [-0.2, 0) is 0 Å². The molecule has 2 rings (SSSR count). The van der Waals surface area contributed by atoms with Gasteiger partial charge in [-0.25, -0.2) is 4.98 Å². The Morgan fingerprint density at radius 2 is 2.10 bits per heavy atom. The molecule has 1 unspecified atom stereocenters. The highest BCUT2D eigenvalue weighted by atomic mass is 16.5. The topological polar surface area (TPSA) is 66.1 Å². The maximum absolute atomic E-state index is 10.5. The van der Waals surface area contributed by atoms with Crippen molar-refractivity contribution in [1.82, 2.24) is 4.98 Å². The van der Waals surface area contributed by atoms with E-state index in [2.05, 4.69) is 18.8 Å². The van der Waals surface area contributed by atoms with E-state index in [0.29, 0.717) is 29.4 Å². The zero-order valence-electron chi connectivity index (χ0n) is 12.2. The molecule has 0 bridgehead atoms. The molecule has 108 valence electrons. The van der Waals surface area contributed by atoms with Crippen molar-refractivity contribution in [1.29, 1.82) is 5.26 Å². The fourth-order valence-electron chi connectivity index (χ4n) is 1.95. The summed E-state index contributed by atoms with van der Waals surface area (Å²) in [4.78, 5) is 3.97. The minimum Gasteiger partial charge on any atom is -0.493 e. The summed E-state index contributed by atoms with van der Waals surface area (Å²) in [5.41, 5.74) is 1.42. The Morgan fingerprint density at radius 1 is 1.29 bits per heavy atom. The Bertz CT molecular complexity index is 647. The van der Waals surface area contributed by atoms with Crippen molar-refractivity contribution >= 4 is 0 Å². The third kappa shape index (κ3) is 3.80. The molecule has 4 nitrogen and oxygen atoms in total. The van der Waals surface area contributed by atoms with Crippen molar-refractivity contribution < 1.29 is 9.84 Å². The number of aliphatic hydroxyl groups excluding tert-OH is 1. The van der Waals surface area contributed by atoms with E-state index in [1.54, 1.807) is 24.3 Å². The number of pyridine rings is 1. The van der Waals surface area contributed by atoms with Gasteiger partial charge in [-0.2, -0.15) is 5.26 Å². The molecular weight excluding hydrogens is 264 g/mol. The van der Waals surface area contributed by atoms with Crippen molar-refractivity contribution in [2.24, 2.45) is 5.92 Å². The largest absolute Gasteiger partial charge is 0.493 e. The van der Waals surface area contributed by atoms with E-state index in [1.807, 2.05) is 18.2 Å². The molecule has 4 heteroatoms. The van der Waals surface area contributed by atoms with Gasteiger partial charge in [-0.3, -0.25) is 0 Å². The maximum atomic E-state index is 10.5. The smallest absolute Gasteiger partial charge is 0.146 e. The van der Waals surface area contributed by atoms with Crippen LogP contribution < -0.4 is 4.74 Å². The van der Waals surface area contributed by atoms with Gasteiger partial charge in [0.1, 0.15) is 23.6 Å². The van der Waals surface area contributed by atoms with Crippen molar-refractivity contribution in [3.8, 4) is 11.8 Å². The fraction of sp³-hybridized carbons (Fsp3) is 0.294. The Hall–Kier alpha value is -2.38. The summed E-state index contributed by atoms with van der Waals surface area (Å²) in [6.45, 7) is 4.77. The second-order valence-electron chi connectivity index (χ2n) is 5.23. The molecule has 0 aliphatic carbocycles. The van der Waals surface area contributed by atoms with Crippen LogP contribution in [0.3, 0.4) is 0 Å². The lowest BCUT2D eigenvalue weighted by atomic mass is 10.0. The minimum atomic E-state index is -0.893. The van der Waals surface area contributed by atoms with Gasteiger partial charge >= 0.3 is 0 Å². The van der Waals surface area contributed by atoms with Crippen LogP contribution in [0.2, 0.25) is 0 Å². The van der Waals surface area contributed by atoms with Crippen LogP contribution in [0.4, 0.5) is 0 Å². The van der Waals surface area contributed by atoms with Gasteiger partial charge in [0.15, 0.2) is 0 Å². The predicted octanol–water partition coefficient (Wildman–Crippen LogP) is 3.07. The first kappa shape index (κ1) is 15.0. The van der Waals surface area contributed by atoms with Crippen molar-refractivity contribution in [3.63, 3.8) is 0 Å². The van der Waals surface area contributed by atoms with E-state index in [4.69, 9.17) is 10.00 Å². The summed E-state index contributed by atoms with van der Waals surface area (Å²) >= 11 is 0. The fourth-order valence-corrected chi connectivity index (χ4v) is 1.95.